The van der Waals surface area contributed by atoms with Crippen molar-refractivity contribution in [3.05, 3.63) is 18.1 Å². The lowest BCUT2D eigenvalue weighted by atomic mass is 10.2. The van der Waals surface area contributed by atoms with Gasteiger partial charge in [-0.05, 0) is 6.42 Å². The molecule has 0 fully saturated rings. The zero-order valence-electron chi connectivity index (χ0n) is 7.76. The van der Waals surface area contributed by atoms with Crippen LogP contribution in [0.3, 0.4) is 0 Å². The van der Waals surface area contributed by atoms with Crippen LogP contribution < -0.4 is 5.32 Å². The Labute approximate surface area is 83.5 Å². The maximum atomic E-state index is 5.55. The molecule has 0 unspecified atom stereocenters. The Hall–Kier alpha value is -0.830. The van der Waals surface area contributed by atoms with Crippen LogP contribution in [-0.4, -0.2) is 22.4 Å². The first kappa shape index (κ1) is 10.3. The zero-order chi connectivity index (χ0) is 9.52. The second-order valence-corrected chi connectivity index (χ2v) is 3.14. The second-order valence-electron chi connectivity index (χ2n) is 2.76. The minimum atomic E-state index is 0.590. The molecule has 1 aromatic heterocycles. The van der Waals surface area contributed by atoms with Crippen molar-refractivity contribution in [1.82, 2.24) is 9.97 Å². The molecule has 1 aromatic rings. The van der Waals surface area contributed by atoms with E-state index >= 15 is 0 Å². The molecule has 0 bridgehead atoms. The van der Waals surface area contributed by atoms with Crippen LogP contribution in [0.15, 0.2) is 12.4 Å². The lowest BCUT2D eigenvalue weighted by molar-refractivity contribution is 0.872. The summed E-state index contributed by atoms with van der Waals surface area (Å²) in [5.41, 5.74) is 1.08. The van der Waals surface area contributed by atoms with Crippen molar-refractivity contribution in [2.24, 2.45) is 0 Å². The third-order valence-electron chi connectivity index (χ3n) is 1.63. The van der Waals surface area contributed by atoms with E-state index in [1.807, 2.05) is 6.07 Å². The van der Waals surface area contributed by atoms with E-state index < -0.39 is 0 Å². The maximum absolute atomic E-state index is 5.55. The van der Waals surface area contributed by atoms with Crippen molar-refractivity contribution in [2.75, 3.05) is 17.7 Å². The summed E-state index contributed by atoms with van der Waals surface area (Å²) >= 11 is 5.55. The zero-order valence-corrected chi connectivity index (χ0v) is 8.51. The third-order valence-corrected chi connectivity index (χ3v) is 1.82. The van der Waals surface area contributed by atoms with E-state index in [4.69, 9.17) is 11.6 Å². The van der Waals surface area contributed by atoms with Gasteiger partial charge in [-0.15, -0.1) is 11.6 Å². The number of rotatable bonds is 5. The molecule has 1 rings (SSSR count). The average molecular weight is 200 g/mol. The van der Waals surface area contributed by atoms with Gasteiger partial charge in [-0.1, -0.05) is 13.3 Å². The molecule has 0 amide bonds. The fraction of sp³-hybridized carbons (Fsp3) is 0.556. The molecule has 13 heavy (non-hydrogen) atoms. The van der Waals surface area contributed by atoms with Crippen LogP contribution in [0.25, 0.3) is 0 Å². The SMILES string of the molecule is CCCc1cc(NCCCl)ncn1. The molecule has 3 nitrogen and oxygen atoms in total. The quantitative estimate of drug-likeness (QED) is 0.738. The number of anilines is 1. The van der Waals surface area contributed by atoms with Gasteiger partial charge >= 0.3 is 0 Å². The molecular formula is C9H14ClN3. The first-order valence-corrected chi connectivity index (χ1v) is 5.01. The van der Waals surface area contributed by atoms with Gasteiger partial charge in [0.2, 0.25) is 0 Å². The molecule has 0 saturated carbocycles. The largest absolute Gasteiger partial charge is 0.369 e. The predicted molar refractivity (Wildman–Crippen MR) is 55.2 cm³/mol. The highest BCUT2D eigenvalue weighted by atomic mass is 35.5. The van der Waals surface area contributed by atoms with E-state index in [1.54, 1.807) is 6.33 Å². The monoisotopic (exact) mass is 199 g/mol. The standard InChI is InChI=1S/C9H14ClN3/c1-2-3-8-6-9(11-5-4-10)13-7-12-8/h6-7H,2-5H2,1H3,(H,11,12,13). The highest BCUT2D eigenvalue weighted by molar-refractivity contribution is 6.18. The molecule has 4 heteroatoms. The van der Waals surface area contributed by atoms with Crippen molar-refractivity contribution in [2.45, 2.75) is 19.8 Å². The number of alkyl halides is 1. The molecule has 0 aliphatic rings. The van der Waals surface area contributed by atoms with Gasteiger partial charge in [-0.25, -0.2) is 9.97 Å². The highest BCUT2D eigenvalue weighted by Crippen LogP contribution is 2.05. The summed E-state index contributed by atoms with van der Waals surface area (Å²) in [5, 5.41) is 3.11. The summed E-state index contributed by atoms with van der Waals surface area (Å²) in [4.78, 5) is 8.23. The van der Waals surface area contributed by atoms with Crippen LogP contribution >= 0.6 is 11.6 Å². The first-order valence-electron chi connectivity index (χ1n) is 4.47. The Morgan fingerprint density at radius 2 is 2.31 bits per heavy atom. The molecule has 0 atom stereocenters. The van der Waals surface area contributed by atoms with Crippen LogP contribution in [0.4, 0.5) is 5.82 Å². The lowest BCUT2D eigenvalue weighted by Crippen LogP contribution is -2.05. The molecule has 0 radical (unpaired) electrons. The van der Waals surface area contributed by atoms with Crippen LogP contribution in [0.1, 0.15) is 19.0 Å². The van der Waals surface area contributed by atoms with Crippen LogP contribution in [-0.2, 0) is 6.42 Å². The van der Waals surface area contributed by atoms with Crippen molar-refractivity contribution < 1.29 is 0 Å². The Morgan fingerprint density at radius 3 is 3.00 bits per heavy atom. The Balaban J connectivity index is 2.56. The fourth-order valence-corrected chi connectivity index (χ4v) is 1.16. The van der Waals surface area contributed by atoms with Crippen molar-refractivity contribution in [3.8, 4) is 0 Å². The number of hydrogen-bond acceptors (Lipinski definition) is 3. The number of aryl methyl sites for hydroxylation is 1. The molecule has 72 valence electrons. The summed E-state index contributed by atoms with van der Waals surface area (Å²) < 4.78 is 0. The molecule has 0 saturated heterocycles. The Bertz CT molecular complexity index is 252. The Morgan fingerprint density at radius 1 is 1.46 bits per heavy atom. The molecule has 0 aliphatic heterocycles. The molecule has 1 N–H and O–H groups in total. The number of nitrogens with zero attached hydrogens (tertiary/aromatic N) is 2. The van der Waals surface area contributed by atoms with Gasteiger partial charge in [0.25, 0.3) is 0 Å². The van der Waals surface area contributed by atoms with Crippen molar-refractivity contribution in [1.29, 1.82) is 0 Å². The predicted octanol–water partition coefficient (Wildman–Crippen LogP) is 2.08. The lowest BCUT2D eigenvalue weighted by Gasteiger charge is -2.03. The number of aromatic nitrogens is 2. The Kier molecular flexibility index (Phi) is 4.54. The number of nitrogens with one attached hydrogen (secondary N) is 1. The van der Waals surface area contributed by atoms with Gasteiger partial charge in [0, 0.05) is 24.2 Å². The number of hydrogen-bond donors (Lipinski definition) is 1. The minimum Gasteiger partial charge on any atom is -0.369 e. The van der Waals surface area contributed by atoms with Crippen molar-refractivity contribution >= 4 is 17.4 Å². The van der Waals surface area contributed by atoms with E-state index in [9.17, 15) is 0 Å². The molecule has 0 aliphatic carbocycles. The summed E-state index contributed by atoms with van der Waals surface area (Å²) in [5.74, 6) is 1.45. The van der Waals surface area contributed by atoms with Gasteiger partial charge in [-0.2, -0.15) is 0 Å². The molecular weight excluding hydrogens is 186 g/mol. The van der Waals surface area contributed by atoms with E-state index in [0.29, 0.717) is 5.88 Å². The van der Waals surface area contributed by atoms with Crippen LogP contribution in [0.2, 0.25) is 0 Å². The molecule has 0 spiro atoms. The van der Waals surface area contributed by atoms with E-state index in [1.165, 1.54) is 0 Å². The normalized spacial score (nSPS) is 10.0. The average Bonchev–Trinajstić information content (AvgIpc) is 2.16. The van der Waals surface area contributed by atoms with Gasteiger partial charge in [-0.3, -0.25) is 0 Å². The van der Waals surface area contributed by atoms with Crippen LogP contribution in [0.5, 0.6) is 0 Å². The van der Waals surface area contributed by atoms with E-state index in [-0.39, 0.29) is 0 Å². The van der Waals surface area contributed by atoms with Gasteiger partial charge in [0.1, 0.15) is 12.1 Å². The van der Waals surface area contributed by atoms with Gasteiger partial charge in [0.15, 0.2) is 0 Å². The molecule has 1 heterocycles. The maximum Gasteiger partial charge on any atom is 0.129 e. The van der Waals surface area contributed by atoms with Crippen molar-refractivity contribution in [3.63, 3.8) is 0 Å². The number of halogens is 1. The highest BCUT2D eigenvalue weighted by Gasteiger charge is 1.96. The van der Waals surface area contributed by atoms with E-state index in [0.717, 1.165) is 30.9 Å². The summed E-state index contributed by atoms with van der Waals surface area (Å²) in [7, 11) is 0. The second kappa shape index (κ2) is 5.75. The van der Waals surface area contributed by atoms with E-state index in [2.05, 4.69) is 22.2 Å². The smallest absolute Gasteiger partial charge is 0.129 e. The van der Waals surface area contributed by atoms with Crippen LogP contribution in [0, 0.1) is 0 Å². The summed E-state index contributed by atoms with van der Waals surface area (Å²) in [6.07, 6.45) is 3.69. The van der Waals surface area contributed by atoms with Gasteiger partial charge in [0.05, 0.1) is 0 Å². The third kappa shape index (κ3) is 3.59. The van der Waals surface area contributed by atoms with Gasteiger partial charge < -0.3 is 5.32 Å². The summed E-state index contributed by atoms with van der Waals surface area (Å²) in [6, 6.07) is 1.97. The summed E-state index contributed by atoms with van der Waals surface area (Å²) in [6.45, 7) is 2.87. The minimum absolute atomic E-state index is 0.590. The fourth-order valence-electron chi connectivity index (χ4n) is 1.06. The molecule has 0 aromatic carbocycles. The topological polar surface area (TPSA) is 37.8 Å². The first-order chi connectivity index (χ1) is 6.36.